The molecule has 0 aliphatic rings. The number of non-ortho nitro benzene ring substituents is 1. The zero-order valence-corrected chi connectivity index (χ0v) is 13.3. The van der Waals surface area contributed by atoms with Gasteiger partial charge in [0.2, 0.25) is 0 Å². The fraction of sp³-hybridized carbons (Fsp3) is 0. The number of hydrogen-bond acceptors (Lipinski definition) is 6. The first kappa shape index (κ1) is 16.9. The highest BCUT2D eigenvalue weighted by molar-refractivity contribution is 5.95. The molecule has 2 N–H and O–H groups in total. The average Bonchev–Trinajstić information content (AvgIpc) is 3.11. The van der Waals surface area contributed by atoms with Gasteiger partial charge in [0.25, 0.3) is 5.69 Å². The minimum Gasteiger partial charge on any atom is -0.478 e. The molecule has 1 heterocycles. The maximum atomic E-state index is 11.3. The predicted molar refractivity (Wildman–Crippen MR) is 95.4 cm³/mol. The highest BCUT2D eigenvalue weighted by Gasteiger charge is 2.13. The van der Waals surface area contributed by atoms with Gasteiger partial charge in [0, 0.05) is 17.7 Å². The van der Waals surface area contributed by atoms with E-state index in [0.29, 0.717) is 22.8 Å². The highest BCUT2D eigenvalue weighted by atomic mass is 16.6. The Labute approximate surface area is 147 Å². The van der Waals surface area contributed by atoms with Crippen molar-refractivity contribution in [2.24, 2.45) is 5.10 Å². The Morgan fingerprint density at radius 3 is 2.54 bits per heavy atom. The summed E-state index contributed by atoms with van der Waals surface area (Å²) in [6.07, 6.45) is 1.42. The summed E-state index contributed by atoms with van der Waals surface area (Å²) < 4.78 is 5.61. The molecule has 0 unspecified atom stereocenters. The number of furan rings is 1. The van der Waals surface area contributed by atoms with Crippen molar-refractivity contribution in [3.63, 3.8) is 0 Å². The summed E-state index contributed by atoms with van der Waals surface area (Å²) in [5.41, 5.74) is 3.92. The van der Waals surface area contributed by atoms with E-state index >= 15 is 0 Å². The first-order valence-corrected chi connectivity index (χ1v) is 7.50. The van der Waals surface area contributed by atoms with Crippen molar-refractivity contribution >= 4 is 23.6 Å². The van der Waals surface area contributed by atoms with E-state index in [2.05, 4.69) is 10.5 Å². The third kappa shape index (κ3) is 3.75. The number of aromatic carboxylic acids is 1. The summed E-state index contributed by atoms with van der Waals surface area (Å²) in [5, 5.41) is 23.8. The lowest BCUT2D eigenvalue weighted by Gasteiger charge is -2.02. The van der Waals surface area contributed by atoms with Crippen LogP contribution in [0.25, 0.3) is 11.3 Å². The normalized spacial score (nSPS) is 10.8. The van der Waals surface area contributed by atoms with Gasteiger partial charge in [0.1, 0.15) is 11.5 Å². The molecule has 0 radical (unpaired) electrons. The number of nitro benzene ring substituents is 1. The Kier molecular flexibility index (Phi) is 4.75. The van der Waals surface area contributed by atoms with E-state index in [1.807, 2.05) is 0 Å². The molecule has 26 heavy (non-hydrogen) atoms. The van der Waals surface area contributed by atoms with E-state index in [1.165, 1.54) is 36.5 Å². The van der Waals surface area contributed by atoms with Crippen LogP contribution >= 0.6 is 0 Å². The summed E-state index contributed by atoms with van der Waals surface area (Å²) in [7, 11) is 0. The molecule has 0 bridgehead atoms. The molecule has 8 heteroatoms. The number of carbonyl (C=O) groups is 1. The van der Waals surface area contributed by atoms with E-state index in [1.54, 1.807) is 30.3 Å². The van der Waals surface area contributed by atoms with Crippen LogP contribution in [-0.4, -0.2) is 22.2 Å². The second kappa shape index (κ2) is 7.31. The lowest BCUT2D eigenvalue weighted by Crippen LogP contribution is -1.98. The molecule has 130 valence electrons. The van der Waals surface area contributed by atoms with E-state index in [-0.39, 0.29) is 11.3 Å². The van der Waals surface area contributed by atoms with Crippen molar-refractivity contribution in [2.75, 3.05) is 5.43 Å². The molecule has 0 fully saturated rings. The molecule has 0 aliphatic heterocycles. The van der Waals surface area contributed by atoms with Crippen molar-refractivity contribution in [3.8, 4) is 11.3 Å². The highest BCUT2D eigenvalue weighted by Crippen LogP contribution is 2.25. The minimum absolute atomic E-state index is 0.00713. The molecule has 8 nitrogen and oxygen atoms in total. The van der Waals surface area contributed by atoms with Crippen LogP contribution < -0.4 is 5.43 Å². The standard InChI is InChI=1S/C18H13N3O5/c22-18(23)16-4-2-1-3-15(16)17-10-9-14(26-17)11-19-20-12-5-7-13(8-6-12)21(24)25/h1-11,20H,(H,22,23). The molecule has 0 aliphatic carbocycles. The van der Waals surface area contributed by atoms with Crippen LogP contribution in [0.3, 0.4) is 0 Å². The van der Waals surface area contributed by atoms with Crippen molar-refractivity contribution in [1.82, 2.24) is 0 Å². The summed E-state index contributed by atoms with van der Waals surface area (Å²) in [6.45, 7) is 0. The minimum atomic E-state index is -1.04. The van der Waals surface area contributed by atoms with Crippen molar-refractivity contribution in [1.29, 1.82) is 0 Å². The van der Waals surface area contributed by atoms with E-state index < -0.39 is 10.9 Å². The molecule has 0 saturated carbocycles. The number of hydrogen-bond donors (Lipinski definition) is 2. The molecule has 3 aromatic rings. The largest absolute Gasteiger partial charge is 0.478 e. The zero-order chi connectivity index (χ0) is 18.5. The molecule has 3 rings (SSSR count). The first-order valence-electron chi connectivity index (χ1n) is 7.50. The number of hydrazone groups is 1. The van der Waals surface area contributed by atoms with Crippen LogP contribution in [0.4, 0.5) is 11.4 Å². The quantitative estimate of drug-likeness (QED) is 0.394. The number of anilines is 1. The smallest absolute Gasteiger partial charge is 0.336 e. The Balaban J connectivity index is 1.72. The molecule has 2 aromatic carbocycles. The van der Waals surface area contributed by atoms with E-state index in [9.17, 15) is 20.0 Å². The van der Waals surface area contributed by atoms with Crippen LogP contribution in [0.15, 0.2) is 70.2 Å². The predicted octanol–water partition coefficient (Wildman–Crippen LogP) is 4.00. The number of benzene rings is 2. The second-order valence-electron chi connectivity index (χ2n) is 5.23. The van der Waals surface area contributed by atoms with Gasteiger partial charge in [-0.1, -0.05) is 18.2 Å². The Bertz CT molecular complexity index is 977. The average molecular weight is 351 g/mol. The Morgan fingerprint density at radius 1 is 1.12 bits per heavy atom. The second-order valence-corrected chi connectivity index (χ2v) is 5.23. The number of rotatable bonds is 6. The maximum absolute atomic E-state index is 11.3. The number of nitro groups is 1. The summed E-state index contributed by atoms with van der Waals surface area (Å²) in [4.78, 5) is 21.4. The maximum Gasteiger partial charge on any atom is 0.336 e. The third-order valence-corrected chi connectivity index (χ3v) is 3.51. The lowest BCUT2D eigenvalue weighted by atomic mass is 10.1. The molecule has 0 saturated heterocycles. The van der Waals surface area contributed by atoms with Gasteiger partial charge in [-0.05, 0) is 30.3 Å². The van der Waals surface area contributed by atoms with Gasteiger partial charge >= 0.3 is 5.97 Å². The monoisotopic (exact) mass is 351 g/mol. The fourth-order valence-corrected chi connectivity index (χ4v) is 2.28. The molecule has 0 spiro atoms. The van der Waals surface area contributed by atoms with Crippen LogP contribution in [0.5, 0.6) is 0 Å². The van der Waals surface area contributed by atoms with Gasteiger partial charge in [-0.3, -0.25) is 15.5 Å². The first-order chi connectivity index (χ1) is 12.5. The van der Waals surface area contributed by atoms with E-state index in [0.717, 1.165) is 0 Å². The van der Waals surface area contributed by atoms with Crippen molar-refractivity contribution in [2.45, 2.75) is 0 Å². The number of nitrogens with one attached hydrogen (secondary N) is 1. The third-order valence-electron chi connectivity index (χ3n) is 3.51. The fourth-order valence-electron chi connectivity index (χ4n) is 2.28. The molecular formula is C18H13N3O5. The van der Waals surface area contributed by atoms with Gasteiger partial charge in [0.15, 0.2) is 0 Å². The molecule has 0 atom stereocenters. The van der Waals surface area contributed by atoms with Gasteiger partial charge < -0.3 is 9.52 Å². The summed E-state index contributed by atoms with van der Waals surface area (Å²) >= 11 is 0. The van der Waals surface area contributed by atoms with Crippen LogP contribution in [0, 0.1) is 10.1 Å². The van der Waals surface area contributed by atoms with Crippen molar-refractivity contribution in [3.05, 3.63) is 82.1 Å². The number of carboxylic acid groups (broad SMARTS) is 1. The van der Waals surface area contributed by atoms with Crippen LogP contribution in [-0.2, 0) is 0 Å². The van der Waals surface area contributed by atoms with Gasteiger partial charge in [-0.15, -0.1) is 0 Å². The number of carboxylic acids is 1. The lowest BCUT2D eigenvalue weighted by molar-refractivity contribution is -0.384. The molecule has 0 amide bonds. The SMILES string of the molecule is O=C(O)c1ccccc1-c1ccc(C=NNc2ccc([N+](=O)[O-])cc2)o1. The van der Waals surface area contributed by atoms with Crippen molar-refractivity contribution < 1.29 is 19.2 Å². The van der Waals surface area contributed by atoms with Crippen LogP contribution in [0.2, 0.25) is 0 Å². The topological polar surface area (TPSA) is 118 Å². The molecular weight excluding hydrogens is 338 g/mol. The number of nitrogens with zero attached hydrogens (tertiary/aromatic N) is 2. The Hall–Kier alpha value is -3.94. The Morgan fingerprint density at radius 2 is 1.85 bits per heavy atom. The van der Waals surface area contributed by atoms with E-state index in [4.69, 9.17) is 4.42 Å². The summed E-state index contributed by atoms with van der Waals surface area (Å²) in [6, 6.07) is 15.7. The van der Waals surface area contributed by atoms with Gasteiger partial charge in [-0.2, -0.15) is 5.10 Å². The van der Waals surface area contributed by atoms with Crippen LogP contribution in [0.1, 0.15) is 16.1 Å². The van der Waals surface area contributed by atoms with Gasteiger partial charge in [-0.25, -0.2) is 4.79 Å². The summed E-state index contributed by atoms with van der Waals surface area (Å²) in [5.74, 6) is -0.193. The van der Waals surface area contributed by atoms with Gasteiger partial charge in [0.05, 0.1) is 22.4 Å². The molecule has 1 aromatic heterocycles. The zero-order valence-electron chi connectivity index (χ0n) is 13.3.